The lowest BCUT2D eigenvalue weighted by atomic mass is 9.51. The number of carbonyl (C=O) groups excluding carboxylic acids is 2. The number of rotatable bonds is 10. The molecule has 236 valence electrons. The normalized spacial score (nSPS) is 27.6. The second-order valence-electron chi connectivity index (χ2n) is 14.3. The first kappa shape index (κ1) is 32.0. The third-order valence-electron chi connectivity index (χ3n) is 9.69. The zero-order valence-corrected chi connectivity index (χ0v) is 27.8. The van der Waals surface area contributed by atoms with Crippen molar-refractivity contribution in [3.05, 3.63) is 75.4 Å². The fourth-order valence-corrected chi connectivity index (χ4v) is 7.56. The van der Waals surface area contributed by atoms with E-state index in [9.17, 15) is 14.7 Å². The summed E-state index contributed by atoms with van der Waals surface area (Å²) in [4.78, 5) is 28.7. The molecule has 2 fully saturated rings. The van der Waals surface area contributed by atoms with Crippen LogP contribution in [-0.4, -0.2) is 40.1 Å². The Morgan fingerprint density at radius 3 is 2.34 bits per heavy atom. The van der Waals surface area contributed by atoms with Crippen LogP contribution in [0.25, 0.3) is 0 Å². The molecular formula is C38H48O6. The number of ether oxygens (including phenoxy) is 3. The number of aromatic hydroxyl groups is 1. The van der Waals surface area contributed by atoms with Gasteiger partial charge in [-0.05, 0) is 94.1 Å². The van der Waals surface area contributed by atoms with Gasteiger partial charge in [-0.25, -0.2) is 0 Å². The quantitative estimate of drug-likeness (QED) is 0.272. The first-order valence-corrected chi connectivity index (χ1v) is 15.9. The maximum Gasteiger partial charge on any atom is 0.200 e. The van der Waals surface area contributed by atoms with Gasteiger partial charge in [-0.15, -0.1) is 0 Å². The Hall–Kier alpha value is -3.38. The number of hydrogen-bond acceptors (Lipinski definition) is 6. The van der Waals surface area contributed by atoms with Crippen molar-refractivity contribution < 1.29 is 28.9 Å². The molecule has 6 nitrogen and oxygen atoms in total. The molecule has 1 unspecified atom stereocenters. The van der Waals surface area contributed by atoms with Gasteiger partial charge in [0.25, 0.3) is 0 Å². The number of phenols is 1. The molecule has 5 aliphatic rings. The number of fused-ring (bicyclic) bond motifs is 1. The van der Waals surface area contributed by atoms with Crippen LogP contribution in [0.15, 0.2) is 64.3 Å². The Morgan fingerprint density at radius 2 is 1.68 bits per heavy atom. The zero-order valence-electron chi connectivity index (χ0n) is 27.8. The third-order valence-corrected chi connectivity index (χ3v) is 9.69. The molecule has 1 spiro atoms. The molecule has 1 aromatic rings. The van der Waals surface area contributed by atoms with Crippen molar-refractivity contribution in [2.45, 2.75) is 111 Å². The standard InChI is InChI=1S/C38H48O6/c1-22(2)11-10-12-25(7)16-18-42-30-21-29(39)32-33(40)28-19-26-20-31-36(8,9)44-37(35(26)41,17-15-24(5)6)38(28,31)43-34(32)27(30)14-13-23(3)4/h11,13,15-16,19,21,26,31,39H,10,12,14,17-18,20H2,1-9H3/b25-16+/t26-,31?,37+,38-/m1/s1. The van der Waals surface area contributed by atoms with E-state index in [-0.39, 0.29) is 28.8 Å². The summed E-state index contributed by atoms with van der Waals surface area (Å²) in [6.07, 6.45) is 13.4. The first-order valence-electron chi connectivity index (χ1n) is 15.9. The van der Waals surface area contributed by atoms with Gasteiger partial charge in [0.15, 0.2) is 22.8 Å². The number of allylic oxidation sites excluding steroid dienone is 7. The van der Waals surface area contributed by atoms with Gasteiger partial charge in [-0.2, -0.15) is 0 Å². The van der Waals surface area contributed by atoms with E-state index in [1.54, 1.807) is 12.1 Å². The van der Waals surface area contributed by atoms with Crippen molar-refractivity contribution in [2.24, 2.45) is 11.8 Å². The molecule has 44 heavy (non-hydrogen) atoms. The van der Waals surface area contributed by atoms with Gasteiger partial charge in [-0.1, -0.05) is 46.6 Å². The van der Waals surface area contributed by atoms with Crippen LogP contribution >= 0.6 is 0 Å². The molecule has 1 N–H and O–H groups in total. The van der Waals surface area contributed by atoms with Gasteiger partial charge >= 0.3 is 0 Å². The van der Waals surface area contributed by atoms with E-state index in [4.69, 9.17) is 14.2 Å². The van der Waals surface area contributed by atoms with Crippen LogP contribution in [0.5, 0.6) is 17.2 Å². The second-order valence-corrected chi connectivity index (χ2v) is 14.3. The van der Waals surface area contributed by atoms with Gasteiger partial charge in [0.05, 0.1) is 5.60 Å². The van der Waals surface area contributed by atoms with Crippen molar-refractivity contribution in [3.63, 3.8) is 0 Å². The lowest BCUT2D eigenvalue weighted by Gasteiger charge is -2.56. The molecule has 6 heteroatoms. The van der Waals surface area contributed by atoms with Crippen LogP contribution in [-0.2, 0) is 16.0 Å². The average molecular weight is 601 g/mol. The van der Waals surface area contributed by atoms with Crippen molar-refractivity contribution in [1.29, 1.82) is 0 Å². The predicted molar refractivity (Wildman–Crippen MR) is 173 cm³/mol. The zero-order chi connectivity index (χ0) is 32.2. The molecule has 1 saturated heterocycles. The predicted octanol–water partition coefficient (Wildman–Crippen LogP) is 8.34. The SMILES string of the molecule is CC(C)=CCC/C(C)=C/COc1cc(O)c2c(c1CC=C(C)C)O[C@]13C(=C[C@@H]4CC1C(C)(C)O[C@@]3(CC=C(C)C)C4=O)C2=O. The van der Waals surface area contributed by atoms with Crippen LogP contribution in [0.2, 0.25) is 0 Å². The van der Waals surface area contributed by atoms with Gasteiger partial charge in [0.1, 0.15) is 29.4 Å². The van der Waals surface area contributed by atoms with Crippen molar-refractivity contribution in [3.8, 4) is 17.2 Å². The molecule has 0 radical (unpaired) electrons. The molecule has 3 aliphatic carbocycles. The van der Waals surface area contributed by atoms with E-state index in [0.29, 0.717) is 48.5 Å². The molecule has 1 saturated carbocycles. The number of ketones is 2. The smallest absolute Gasteiger partial charge is 0.200 e. The monoisotopic (exact) mass is 600 g/mol. The van der Waals surface area contributed by atoms with Gasteiger partial charge in [0, 0.05) is 35.5 Å². The Morgan fingerprint density at radius 1 is 1.00 bits per heavy atom. The van der Waals surface area contributed by atoms with Crippen molar-refractivity contribution in [2.75, 3.05) is 6.61 Å². The second kappa shape index (κ2) is 11.5. The summed E-state index contributed by atoms with van der Waals surface area (Å²) in [7, 11) is 0. The van der Waals surface area contributed by atoms with E-state index in [0.717, 1.165) is 24.0 Å². The molecule has 2 aliphatic heterocycles. The van der Waals surface area contributed by atoms with Gasteiger partial charge in [-0.3, -0.25) is 9.59 Å². The summed E-state index contributed by atoms with van der Waals surface area (Å²) in [5.41, 5.74) is 2.58. The topological polar surface area (TPSA) is 82.1 Å². The van der Waals surface area contributed by atoms with Crippen LogP contribution in [0.3, 0.4) is 0 Å². The highest BCUT2D eigenvalue weighted by Crippen LogP contribution is 2.68. The summed E-state index contributed by atoms with van der Waals surface area (Å²) in [5, 5.41) is 11.3. The summed E-state index contributed by atoms with van der Waals surface area (Å²) in [6.45, 7) is 18.6. The summed E-state index contributed by atoms with van der Waals surface area (Å²) in [5.74, 6) is -0.411. The molecule has 0 amide bonds. The third kappa shape index (κ3) is 5.09. The molecule has 4 atom stereocenters. The van der Waals surface area contributed by atoms with E-state index in [2.05, 4.69) is 39.0 Å². The first-order chi connectivity index (χ1) is 20.6. The van der Waals surface area contributed by atoms with Gasteiger partial charge in [0.2, 0.25) is 0 Å². The highest BCUT2D eigenvalue weighted by molar-refractivity contribution is 6.18. The maximum absolute atomic E-state index is 14.5. The minimum atomic E-state index is -1.34. The van der Waals surface area contributed by atoms with Crippen molar-refractivity contribution in [1.82, 2.24) is 0 Å². The van der Waals surface area contributed by atoms with Crippen molar-refractivity contribution >= 4 is 11.6 Å². The number of Topliss-reactive ketones (excluding diaryl/α,β-unsaturated/α-hetero) is 2. The minimum absolute atomic E-state index is 0.0342. The van der Waals surface area contributed by atoms with E-state index in [1.165, 1.54) is 11.1 Å². The molecule has 0 aromatic heterocycles. The highest BCUT2D eigenvalue weighted by atomic mass is 16.6. The highest BCUT2D eigenvalue weighted by Gasteiger charge is 2.81. The number of carbonyl (C=O) groups is 2. The molecule has 4 bridgehead atoms. The fraction of sp³-hybridized carbons (Fsp3) is 0.526. The summed E-state index contributed by atoms with van der Waals surface area (Å²) < 4.78 is 20.2. The Balaban J connectivity index is 1.64. The van der Waals surface area contributed by atoms with Crippen LogP contribution in [0, 0.1) is 11.8 Å². The van der Waals surface area contributed by atoms with E-state index < -0.39 is 22.7 Å². The molecule has 6 rings (SSSR count). The molecule has 2 heterocycles. The molecule has 1 aromatic carbocycles. The lowest BCUT2D eigenvalue weighted by Crippen LogP contribution is -2.72. The number of phenolic OH excluding ortho intramolecular Hbond substituents is 1. The average Bonchev–Trinajstić information content (AvgIpc) is 3.08. The maximum atomic E-state index is 14.5. The van der Waals surface area contributed by atoms with Crippen LogP contribution in [0.1, 0.15) is 104 Å². The summed E-state index contributed by atoms with van der Waals surface area (Å²) in [6, 6.07) is 1.54. The lowest BCUT2D eigenvalue weighted by molar-refractivity contribution is -0.171. The van der Waals surface area contributed by atoms with E-state index >= 15 is 0 Å². The molecular weight excluding hydrogens is 552 g/mol. The van der Waals surface area contributed by atoms with Gasteiger partial charge < -0.3 is 19.3 Å². The van der Waals surface area contributed by atoms with Crippen LogP contribution in [0.4, 0.5) is 0 Å². The number of hydrogen-bond donors (Lipinski definition) is 1. The Labute approximate surface area is 262 Å². The minimum Gasteiger partial charge on any atom is -0.507 e. The van der Waals surface area contributed by atoms with E-state index in [1.807, 2.05) is 47.6 Å². The Bertz CT molecular complexity index is 1540. The fourth-order valence-electron chi connectivity index (χ4n) is 7.56. The Kier molecular flexibility index (Phi) is 8.39. The largest absolute Gasteiger partial charge is 0.507 e. The summed E-state index contributed by atoms with van der Waals surface area (Å²) >= 11 is 0. The van der Waals surface area contributed by atoms with Crippen LogP contribution < -0.4 is 9.47 Å². The number of benzene rings is 1.